The quantitative estimate of drug-likeness (QED) is 0.674. The van der Waals surface area contributed by atoms with Crippen LogP contribution in [0.25, 0.3) is 0 Å². The maximum atomic E-state index is 11.8. The summed E-state index contributed by atoms with van der Waals surface area (Å²) in [6.07, 6.45) is 2.91. The van der Waals surface area contributed by atoms with Crippen LogP contribution in [0.15, 0.2) is 36.7 Å². The molecule has 0 unspecified atom stereocenters. The van der Waals surface area contributed by atoms with Crippen LogP contribution in [-0.4, -0.2) is 33.9 Å². The van der Waals surface area contributed by atoms with Crippen molar-refractivity contribution in [3.8, 4) is 0 Å². The average molecular weight is 322 g/mol. The van der Waals surface area contributed by atoms with Crippen LogP contribution >= 0.6 is 11.6 Å². The summed E-state index contributed by atoms with van der Waals surface area (Å²) < 4.78 is 6.35. The van der Waals surface area contributed by atoms with Crippen molar-refractivity contribution in [2.24, 2.45) is 7.05 Å². The van der Waals surface area contributed by atoms with E-state index in [4.69, 9.17) is 16.3 Å². The zero-order valence-electron chi connectivity index (χ0n) is 11.6. The molecule has 2 rings (SSSR count). The van der Waals surface area contributed by atoms with Crippen LogP contribution in [0.4, 0.5) is 0 Å². The van der Waals surface area contributed by atoms with Crippen molar-refractivity contribution < 1.29 is 19.1 Å². The van der Waals surface area contributed by atoms with Crippen LogP contribution in [0, 0.1) is 0 Å². The number of hydrogen-bond donors (Lipinski definition) is 1. The Labute approximate surface area is 130 Å². The number of imide groups is 1. The van der Waals surface area contributed by atoms with Crippen LogP contribution in [0.3, 0.4) is 0 Å². The summed E-state index contributed by atoms with van der Waals surface area (Å²) >= 11 is 5.60. The standard InChI is InChI=1S/C14H12ClN3O4/c1-18-6-2-3-10(18)13(20)17-12(19)8-22-14(21)9-4-5-11(15)16-7-9/h2-7H,8H2,1H3,(H,17,19,20). The first-order valence-corrected chi connectivity index (χ1v) is 6.59. The molecule has 114 valence electrons. The van der Waals surface area contributed by atoms with Gasteiger partial charge in [-0.15, -0.1) is 0 Å². The number of nitrogens with zero attached hydrogens (tertiary/aromatic N) is 2. The number of amides is 2. The van der Waals surface area contributed by atoms with E-state index in [1.165, 1.54) is 18.3 Å². The van der Waals surface area contributed by atoms with Crippen LogP contribution in [0.5, 0.6) is 0 Å². The summed E-state index contributed by atoms with van der Waals surface area (Å²) in [7, 11) is 1.67. The van der Waals surface area contributed by atoms with Crippen LogP contribution in [0.2, 0.25) is 5.15 Å². The number of hydrogen-bond acceptors (Lipinski definition) is 5. The Balaban J connectivity index is 1.85. The largest absolute Gasteiger partial charge is 0.452 e. The predicted molar refractivity (Wildman–Crippen MR) is 77.4 cm³/mol. The molecule has 0 aliphatic carbocycles. The van der Waals surface area contributed by atoms with Crippen LogP contribution in [0.1, 0.15) is 20.8 Å². The second-order valence-electron chi connectivity index (χ2n) is 4.33. The Kier molecular flexibility index (Phi) is 4.90. The smallest absolute Gasteiger partial charge is 0.340 e. The minimum absolute atomic E-state index is 0.158. The highest BCUT2D eigenvalue weighted by Crippen LogP contribution is 2.06. The molecule has 22 heavy (non-hydrogen) atoms. The molecule has 0 saturated carbocycles. The Morgan fingerprint density at radius 2 is 2.09 bits per heavy atom. The van der Waals surface area contributed by atoms with E-state index in [1.54, 1.807) is 29.9 Å². The molecule has 0 spiro atoms. The number of halogens is 1. The zero-order valence-corrected chi connectivity index (χ0v) is 12.3. The second kappa shape index (κ2) is 6.86. The Morgan fingerprint density at radius 1 is 1.32 bits per heavy atom. The summed E-state index contributed by atoms with van der Waals surface area (Å²) in [6.45, 7) is -0.572. The van der Waals surface area contributed by atoms with Gasteiger partial charge in [-0.25, -0.2) is 9.78 Å². The highest BCUT2D eigenvalue weighted by Gasteiger charge is 2.15. The molecular formula is C14H12ClN3O4. The summed E-state index contributed by atoms with van der Waals surface area (Å²) in [5.74, 6) is -2.02. The summed E-state index contributed by atoms with van der Waals surface area (Å²) in [4.78, 5) is 38.7. The van der Waals surface area contributed by atoms with Gasteiger partial charge in [0.15, 0.2) is 6.61 Å². The van der Waals surface area contributed by atoms with E-state index in [2.05, 4.69) is 10.3 Å². The topological polar surface area (TPSA) is 90.3 Å². The molecule has 0 radical (unpaired) electrons. The molecule has 0 aliphatic heterocycles. The van der Waals surface area contributed by atoms with Gasteiger partial charge in [-0.1, -0.05) is 11.6 Å². The molecule has 0 fully saturated rings. The number of ether oxygens (including phenoxy) is 1. The van der Waals surface area contributed by atoms with Gasteiger partial charge < -0.3 is 9.30 Å². The first-order chi connectivity index (χ1) is 10.5. The molecule has 0 atom stereocenters. The van der Waals surface area contributed by atoms with Gasteiger partial charge in [0.25, 0.3) is 11.8 Å². The summed E-state index contributed by atoms with van der Waals surface area (Å²) in [5, 5.41) is 2.36. The lowest BCUT2D eigenvalue weighted by Crippen LogP contribution is -2.35. The van der Waals surface area contributed by atoms with Crippen molar-refractivity contribution in [3.05, 3.63) is 53.1 Å². The number of esters is 1. The number of carbonyl (C=O) groups excluding carboxylic acids is 3. The fourth-order valence-corrected chi connectivity index (χ4v) is 1.75. The second-order valence-corrected chi connectivity index (χ2v) is 4.71. The Morgan fingerprint density at radius 3 is 2.68 bits per heavy atom. The number of pyridine rings is 1. The van der Waals surface area contributed by atoms with Gasteiger partial charge >= 0.3 is 5.97 Å². The molecular weight excluding hydrogens is 310 g/mol. The maximum absolute atomic E-state index is 11.8. The van der Waals surface area contributed by atoms with Crippen LogP contribution < -0.4 is 5.32 Å². The molecule has 0 bridgehead atoms. The SMILES string of the molecule is Cn1cccc1C(=O)NC(=O)COC(=O)c1ccc(Cl)nc1. The van der Waals surface area contributed by atoms with Crippen molar-refractivity contribution in [2.75, 3.05) is 6.61 Å². The van der Waals surface area contributed by atoms with E-state index < -0.39 is 24.4 Å². The van der Waals surface area contributed by atoms with Crippen LogP contribution in [-0.2, 0) is 16.6 Å². The molecule has 2 amide bonds. The molecule has 7 nitrogen and oxygen atoms in total. The molecule has 2 aromatic rings. The Hall–Kier alpha value is -2.67. The fourth-order valence-electron chi connectivity index (χ4n) is 1.63. The van der Waals surface area contributed by atoms with Crippen molar-refractivity contribution in [1.82, 2.24) is 14.9 Å². The lowest BCUT2D eigenvalue weighted by atomic mass is 10.3. The lowest BCUT2D eigenvalue weighted by Gasteiger charge is -2.06. The zero-order chi connectivity index (χ0) is 16.1. The van der Waals surface area contributed by atoms with Gasteiger partial charge in [-0.3, -0.25) is 14.9 Å². The van der Waals surface area contributed by atoms with Crippen molar-refractivity contribution in [1.29, 1.82) is 0 Å². The number of aryl methyl sites for hydroxylation is 1. The van der Waals surface area contributed by atoms with E-state index in [1.807, 2.05) is 0 Å². The predicted octanol–water partition coefficient (Wildman–Crippen LogP) is 1.19. The lowest BCUT2D eigenvalue weighted by molar-refractivity contribution is -0.123. The van der Waals surface area contributed by atoms with E-state index in [9.17, 15) is 14.4 Å². The average Bonchev–Trinajstić information content (AvgIpc) is 2.91. The van der Waals surface area contributed by atoms with Crippen molar-refractivity contribution in [3.63, 3.8) is 0 Å². The third-order valence-corrected chi connectivity index (χ3v) is 2.95. The summed E-state index contributed by atoms with van der Waals surface area (Å²) in [5.41, 5.74) is 0.479. The van der Waals surface area contributed by atoms with E-state index in [-0.39, 0.29) is 10.7 Å². The van der Waals surface area contributed by atoms with Crippen molar-refractivity contribution >= 4 is 29.4 Å². The van der Waals surface area contributed by atoms with Gasteiger partial charge in [0.05, 0.1) is 5.56 Å². The van der Waals surface area contributed by atoms with Crippen molar-refractivity contribution in [2.45, 2.75) is 0 Å². The number of aromatic nitrogens is 2. The number of nitrogens with one attached hydrogen (secondary N) is 1. The van der Waals surface area contributed by atoms with Gasteiger partial charge in [0.1, 0.15) is 10.8 Å². The Bertz CT molecular complexity index is 709. The minimum atomic E-state index is -0.731. The first-order valence-electron chi connectivity index (χ1n) is 6.21. The number of rotatable bonds is 4. The van der Waals surface area contributed by atoms with E-state index in [0.717, 1.165) is 0 Å². The molecule has 0 aromatic carbocycles. The third-order valence-electron chi connectivity index (χ3n) is 2.73. The van der Waals surface area contributed by atoms with E-state index in [0.29, 0.717) is 5.69 Å². The normalized spacial score (nSPS) is 10.1. The molecule has 2 heterocycles. The molecule has 1 N–H and O–H groups in total. The maximum Gasteiger partial charge on any atom is 0.340 e. The molecule has 2 aromatic heterocycles. The molecule has 0 aliphatic rings. The molecule has 8 heteroatoms. The number of carbonyl (C=O) groups is 3. The van der Waals surface area contributed by atoms with Gasteiger partial charge in [0, 0.05) is 19.4 Å². The van der Waals surface area contributed by atoms with E-state index >= 15 is 0 Å². The highest BCUT2D eigenvalue weighted by molar-refractivity contribution is 6.29. The monoisotopic (exact) mass is 321 g/mol. The molecule has 0 saturated heterocycles. The minimum Gasteiger partial charge on any atom is -0.452 e. The fraction of sp³-hybridized carbons (Fsp3) is 0.143. The van der Waals surface area contributed by atoms with Gasteiger partial charge in [-0.2, -0.15) is 0 Å². The van der Waals surface area contributed by atoms with Gasteiger partial charge in [-0.05, 0) is 24.3 Å². The first kappa shape index (κ1) is 15.7. The van der Waals surface area contributed by atoms with Gasteiger partial charge in [0.2, 0.25) is 0 Å². The highest BCUT2D eigenvalue weighted by atomic mass is 35.5. The summed E-state index contributed by atoms with van der Waals surface area (Å²) in [6, 6.07) is 6.09. The third kappa shape index (κ3) is 3.92.